The number of fused-ring (bicyclic) bond motifs is 1. The number of halogens is 1. The molecule has 3 aromatic heterocycles. The van der Waals surface area contributed by atoms with Crippen LogP contribution in [-0.4, -0.2) is 49.6 Å². The van der Waals surface area contributed by atoms with Crippen LogP contribution in [0.5, 0.6) is 11.5 Å². The van der Waals surface area contributed by atoms with E-state index in [9.17, 15) is 14.7 Å². The molecule has 1 atom stereocenters. The van der Waals surface area contributed by atoms with Gasteiger partial charge in [-0.05, 0) is 62.2 Å². The van der Waals surface area contributed by atoms with E-state index in [1.54, 1.807) is 47.9 Å². The van der Waals surface area contributed by atoms with Crippen molar-refractivity contribution >= 4 is 62.9 Å². The summed E-state index contributed by atoms with van der Waals surface area (Å²) in [7, 11) is 0. The molecule has 45 heavy (non-hydrogen) atoms. The van der Waals surface area contributed by atoms with E-state index in [1.165, 1.54) is 28.0 Å². The lowest BCUT2D eigenvalue weighted by Crippen LogP contribution is -2.29. The number of carbonyl (C=O) groups is 2. The highest BCUT2D eigenvalue weighted by Gasteiger charge is 2.49. The summed E-state index contributed by atoms with van der Waals surface area (Å²) in [4.78, 5) is 33.5. The highest BCUT2D eigenvalue weighted by molar-refractivity contribution is 8.00. The van der Waals surface area contributed by atoms with Crippen molar-refractivity contribution in [3.05, 3.63) is 100.0 Å². The number of rotatable bonds is 10. The monoisotopic (exact) mass is 661 g/mol. The summed E-state index contributed by atoms with van der Waals surface area (Å²) in [6.07, 6.45) is 1.74. The predicted octanol–water partition coefficient (Wildman–Crippen LogP) is 6.86. The number of aryl methyl sites for hydroxylation is 1. The van der Waals surface area contributed by atoms with Gasteiger partial charge in [-0.1, -0.05) is 65.0 Å². The Morgan fingerprint density at radius 3 is 2.56 bits per heavy atom. The fraction of sp³-hybridized carbons (Fsp3) is 0.219. The molecule has 1 aliphatic heterocycles. The van der Waals surface area contributed by atoms with E-state index in [4.69, 9.17) is 21.1 Å². The Labute approximate surface area is 272 Å². The molecule has 230 valence electrons. The van der Waals surface area contributed by atoms with Gasteiger partial charge in [0.05, 0.1) is 30.5 Å². The Morgan fingerprint density at radius 2 is 1.78 bits per heavy atom. The van der Waals surface area contributed by atoms with Crippen LogP contribution in [0.25, 0.3) is 11.4 Å². The molecule has 0 spiro atoms. The fourth-order valence-corrected chi connectivity index (χ4v) is 7.38. The minimum atomic E-state index is -1.04. The van der Waals surface area contributed by atoms with E-state index >= 15 is 0 Å². The molecule has 1 unspecified atom stereocenters. The Kier molecular flexibility index (Phi) is 8.79. The Hall–Kier alpha value is -4.39. The van der Waals surface area contributed by atoms with Gasteiger partial charge >= 0.3 is 5.91 Å². The van der Waals surface area contributed by atoms with Gasteiger partial charge in [0.25, 0.3) is 5.78 Å². The summed E-state index contributed by atoms with van der Waals surface area (Å²) in [5.74, 6) is -0.523. The van der Waals surface area contributed by atoms with Crippen LogP contribution in [-0.2, 0) is 15.3 Å². The minimum absolute atomic E-state index is 0.0965. The lowest BCUT2D eigenvalue weighted by molar-refractivity contribution is -0.132. The molecular formula is C32H28ClN5O5S2. The fourth-order valence-electron chi connectivity index (χ4n) is 5.22. The van der Waals surface area contributed by atoms with Crippen LogP contribution in [0.1, 0.15) is 42.4 Å². The number of hydrogen-bond donors (Lipinski definition) is 1. The highest BCUT2D eigenvalue weighted by atomic mass is 35.5. The van der Waals surface area contributed by atoms with E-state index in [1.807, 2.05) is 44.2 Å². The van der Waals surface area contributed by atoms with Crippen molar-refractivity contribution in [3.63, 3.8) is 0 Å². The summed E-state index contributed by atoms with van der Waals surface area (Å²) < 4.78 is 13.9. The zero-order valence-corrected chi connectivity index (χ0v) is 26.9. The number of amides is 1. The maximum Gasteiger partial charge on any atom is 0.301 e. The largest absolute Gasteiger partial charge is 0.505 e. The van der Waals surface area contributed by atoms with Gasteiger partial charge in [0.15, 0.2) is 21.6 Å². The first-order chi connectivity index (χ1) is 21.8. The molecule has 10 nitrogen and oxygen atoms in total. The summed E-state index contributed by atoms with van der Waals surface area (Å²) >= 11 is 8.93. The topological polar surface area (TPSA) is 119 Å². The third-order valence-corrected chi connectivity index (χ3v) is 9.64. The van der Waals surface area contributed by atoms with Gasteiger partial charge in [0, 0.05) is 17.0 Å². The van der Waals surface area contributed by atoms with Gasteiger partial charge in [-0.25, -0.2) is 4.98 Å². The lowest BCUT2D eigenvalue weighted by Gasteiger charge is -2.23. The van der Waals surface area contributed by atoms with Gasteiger partial charge in [-0.3, -0.25) is 18.9 Å². The zero-order chi connectivity index (χ0) is 31.7. The van der Waals surface area contributed by atoms with Crippen molar-refractivity contribution in [1.82, 2.24) is 19.6 Å². The second kappa shape index (κ2) is 12.9. The van der Waals surface area contributed by atoms with E-state index in [0.717, 1.165) is 5.56 Å². The van der Waals surface area contributed by atoms with Crippen molar-refractivity contribution in [3.8, 4) is 11.5 Å². The Balaban J connectivity index is 1.48. The second-order valence-electron chi connectivity index (χ2n) is 9.95. The van der Waals surface area contributed by atoms with Crippen LogP contribution >= 0.6 is 34.7 Å². The van der Waals surface area contributed by atoms with Gasteiger partial charge in [0.2, 0.25) is 5.13 Å². The maximum atomic E-state index is 13.8. The molecule has 0 bridgehead atoms. The molecule has 1 saturated heterocycles. The average molecular weight is 662 g/mol. The number of anilines is 1. The minimum Gasteiger partial charge on any atom is -0.505 e. The number of ketones is 1. The molecule has 0 saturated carbocycles. The third kappa shape index (κ3) is 5.76. The number of aliphatic hydroxyl groups excluding tert-OH is 1. The molecule has 1 aliphatic rings. The first-order valence-electron chi connectivity index (χ1n) is 14.2. The summed E-state index contributed by atoms with van der Waals surface area (Å²) in [5, 5.41) is 21.3. The normalized spacial score (nSPS) is 16.1. The summed E-state index contributed by atoms with van der Waals surface area (Å²) in [6.45, 7) is 6.25. The summed E-state index contributed by atoms with van der Waals surface area (Å²) in [5.41, 5.74) is 2.77. The molecular weight excluding hydrogens is 634 g/mol. The molecule has 5 aromatic rings. The number of aromatic nitrogens is 4. The third-order valence-electron chi connectivity index (χ3n) is 7.17. The number of hydrogen-bond acceptors (Lipinski definition) is 10. The van der Waals surface area contributed by atoms with E-state index in [0.29, 0.717) is 62.4 Å². The van der Waals surface area contributed by atoms with Crippen LogP contribution in [0.3, 0.4) is 0 Å². The number of nitrogens with zero attached hydrogens (tertiary/aromatic N) is 5. The number of aliphatic hydroxyl groups is 1. The number of carbonyl (C=O) groups excluding carboxylic acids is 2. The quantitative estimate of drug-likeness (QED) is 0.0563. The van der Waals surface area contributed by atoms with E-state index < -0.39 is 17.7 Å². The molecule has 2 aromatic carbocycles. The van der Waals surface area contributed by atoms with E-state index in [-0.39, 0.29) is 16.5 Å². The van der Waals surface area contributed by atoms with Crippen molar-refractivity contribution < 1.29 is 24.2 Å². The number of pyridine rings is 1. The molecule has 4 heterocycles. The Morgan fingerprint density at radius 1 is 1.02 bits per heavy atom. The van der Waals surface area contributed by atoms with Gasteiger partial charge in [-0.2, -0.15) is 0 Å². The molecule has 0 radical (unpaired) electrons. The van der Waals surface area contributed by atoms with Crippen molar-refractivity contribution in [2.45, 2.75) is 36.9 Å². The molecule has 13 heteroatoms. The van der Waals surface area contributed by atoms with E-state index in [2.05, 4.69) is 15.2 Å². The number of Topliss-reactive ketones (excluding diaryl/α,β-unsaturated/α-hetero) is 1. The van der Waals surface area contributed by atoms with Crippen molar-refractivity contribution in [2.75, 3.05) is 18.1 Å². The Bertz CT molecular complexity index is 1960. The lowest BCUT2D eigenvalue weighted by atomic mass is 9.96. The molecule has 1 amide bonds. The van der Waals surface area contributed by atoms with Gasteiger partial charge in [0.1, 0.15) is 11.3 Å². The van der Waals surface area contributed by atoms with Crippen molar-refractivity contribution in [2.24, 2.45) is 0 Å². The maximum absolute atomic E-state index is 13.8. The molecule has 1 N–H and O–H groups in total. The molecule has 6 rings (SSSR count). The number of ether oxygens (including phenoxy) is 2. The summed E-state index contributed by atoms with van der Waals surface area (Å²) in [6, 6.07) is 17.1. The number of benzene rings is 2. The van der Waals surface area contributed by atoms with Crippen LogP contribution in [0, 0.1) is 6.92 Å². The van der Waals surface area contributed by atoms with Gasteiger partial charge < -0.3 is 14.6 Å². The van der Waals surface area contributed by atoms with Crippen LogP contribution in [0.4, 0.5) is 5.13 Å². The second-order valence-corrected chi connectivity index (χ2v) is 12.5. The molecule has 1 fully saturated rings. The smallest absolute Gasteiger partial charge is 0.301 e. The van der Waals surface area contributed by atoms with Crippen LogP contribution in [0.15, 0.2) is 76.8 Å². The van der Waals surface area contributed by atoms with Gasteiger partial charge in [-0.15, -0.1) is 10.2 Å². The zero-order valence-electron chi connectivity index (χ0n) is 24.6. The molecule has 0 aliphatic carbocycles. The predicted molar refractivity (Wildman–Crippen MR) is 174 cm³/mol. The average Bonchev–Trinajstić information content (AvgIpc) is 3.71. The number of imidazole rings is 1. The van der Waals surface area contributed by atoms with Crippen molar-refractivity contribution in [1.29, 1.82) is 0 Å². The highest BCUT2D eigenvalue weighted by Crippen LogP contribution is 2.46. The number of thioether (sulfide) groups is 1. The first-order valence-corrected chi connectivity index (χ1v) is 16.3. The van der Waals surface area contributed by atoms with Crippen LogP contribution in [0.2, 0.25) is 5.02 Å². The SMILES string of the molecule is CCOc1ccc(C2C(=C(O)c3c(C)nc4ccccn34)C(=O)C(=O)N2c2nnc(SCc3ccccc3Cl)s2)cc1OCC. The standard InChI is InChI=1S/C32H28ClN5O5S2/c1-4-42-22-14-13-19(16-23(22)43-5-2)27-25(28(39)26-18(3)34-24-12-8-9-15-37(24)26)29(40)30(41)38(27)31-35-36-32(45-31)44-17-20-10-6-7-11-21(20)33/h6-16,27,39H,4-5,17H2,1-3H3. The first kappa shape index (κ1) is 30.6. The van der Waals surface area contributed by atoms with Crippen LogP contribution < -0.4 is 14.4 Å².